The lowest BCUT2D eigenvalue weighted by molar-refractivity contribution is -0.120. The minimum absolute atomic E-state index is 0.0959. The van der Waals surface area contributed by atoms with Crippen molar-refractivity contribution in [3.05, 3.63) is 0 Å². The molecule has 2 saturated heterocycles. The molecule has 0 radical (unpaired) electrons. The predicted octanol–water partition coefficient (Wildman–Crippen LogP) is 0.291. The van der Waals surface area contributed by atoms with Crippen molar-refractivity contribution in [2.24, 2.45) is 0 Å². The number of sulfone groups is 1. The predicted molar refractivity (Wildman–Crippen MR) is 68.3 cm³/mol. The van der Waals surface area contributed by atoms with E-state index in [1.807, 2.05) is 0 Å². The van der Waals surface area contributed by atoms with E-state index in [1.54, 1.807) is 0 Å². The average molecular weight is 275 g/mol. The van der Waals surface area contributed by atoms with Gasteiger partial charge in [-0.25, -0.2) is 8.42 Å². The summed E-state index contributed by atoms with van der Waals surface area (Å²) in [4.78, 5) is 11.8. The second-order valence-corrected chi connectivity index (χ2v) is 7.41. The van der Waals surface area contributed by atoms with E-state index in [0.29, 0.717) is 19.4 Å². The maximum Gasteiger partial charge on any atom is 0.153 e. The average Bonchev–Trinajstić information content (AvgIpc) is 2.77. The fourth-order valence-corrected chi connectivity index (χ4v) is 4.01. The fraction of sp³-hybridized carbons (Fsp3) is 0.917. The number of carbonyl (C=O) groups is 1. The van der Waals surface area contributed by atoms with E-state index in [9.17, 15) is 13.2 Å². The highest BCUT2D eigenvalue weighted by Gasteiger charge is 2.26. The fourth-order valence-electron chi connectivity index (χ4n) is 2.57. The lowest BCUT2D eigenvalue weighted by atomic mass is 10.0. The zero-order valence-corrected chi connectivity index (χ0v) is 11.4. The topological polar surface area (TPSA) is 72.5 Å². The highest BCUT2D eigenvalue weighted by molar-refractivity contribution is 7.91. The van der Waals surface area contributed by atoms with Crippen LogP contribution < -0.4 is 5.32 Å². The third kappa shape index (κ3) is 4.33. The number of hydrogen-bond donors (Lipinski definition) is 1. The SMILES string of the molecule is O=C(CCC1CCCO1)CC1CS(=O)(=O)CCN1. The van der Waals surface area contributed by atoms with Crippen molar-refractivity contribution in [3.8, 4) is 0 Å². The number of Topliss-reactive ketones (excluding diaryl/α,β-unsaturated/α-hetero) is 1. The van der Waals surface area contributed by atoms with Crippen molar-refractivity contribution < 1.29 is 17.9 Å². The number of rotatable bonds is 5. The van der Waals surface area contributed by atoms with E-state index in [-0.39, 0.29) is 29.4 Å². The molecule has 0 aliphatic carbocycles. The van der Waals surface area contributed by atoms with Gasteiger partial charge in [-0.3, -0.25) is 4.79 Å². The molecular formula is C12H21NO4S. The Morgan fingerprint density at radius 1 is 1.39 bits per heavy atom. The molecule has 2 fully saturated rings. The highest BCUT2D eigenvalue weighted by Crippen LogP contribution is 2.17. The number of nitrogens with one attached hydrogen (secondary N) is 1. The van der Waals surface area contributed by atoms with Crippen LogP contribution in [0.2, 0.25) is 0 Å². The largest absolute Gasteiger partial charge is 0.378 e. The summed E-state index contributed by atoms with van der Waals surface area (Å²) in [5.41, 5.74) is 0. The van der Waals surface area contributed by atoms with Gasteiger partial charge in [-0.1, -0.05) is 0 Å². The van der Waals surface area contributed by atoms with Crippen molar-refractivity contribution in [2.75, 3.05) is 24.7 Å². The molecule has 0 bridgehead atoms. The molecule has 18 heavy (non-hydrogen) atoms. The molecule has 2 aliphatic heterocycles. The van der Waals surface area contributed by atoms with Gasteiger partial charge in [0.15, 0.2) is 9.84 Å². The summed E-state index contributed by atoms with van der Waals surface area (Å²) >= 11 is 0. The van der Waals surface area contributed by atoms with Gasteiger partial charge < -0.3 is 10.1 Å². The second kappa shape index (κ2) is 6.12. The number of ether oxygens (including phenoxy) is 1. The normalized spacial score (nSPS) is 31.3. The van der Waals surface area contributed by atoms with Crippen LogP contribution in [0.25, 0.3) is 0 Å². The Hall–Kier alpha value is -0.460. The number of carbonyl (C=O) groups excluding carboxylic acids is 1. The van der Waals surface area contributed by atoms with Crippen molar-refractivity contribution in [3.63, 3.8) is 0 Å². The molecule has 0 aromatic heterocycles. The van der Waals surface area contributed by atoms with E-state index in [4.69, 9.17) is 4.74 Å². The Balaban J connectivity index is 1.70. The summed E-state index contributed by atoms with van der Waals surface area (Å²) in [7, 11) is -2.95. The lowest BCUT2D eigenvalue weighted by Gasteiger charge is -2.23. The first-order valence-corrected chi connectivity index (χ1v) is 8.44. The van der Waals surface area contributed by atoms with Crippen LogP contribution >= 0.6 is 0 Å². The van der Waals surface area contributed by atoms with Crippen LogP contribution in [0.1, 0.15) is 32.1 Å². The molecule has 0 aromatic rings. The molecule has 2 aliphatic rings. The van der Waals surface area contributed by atoms with Gasteiger partial charge in [0.1, 0.15) is 5.78 Å². The van der Waals surface area contributed by atoms with Gasteiger partial charge in [-0.2, -0.15) is 0 Å². The third-order valence-electron chi connectivity index (χ3n) is 3.54. The lowest BCUT2D eigenvalue weighted by Crippen LogP contribution is -2.46. The van der Waals surface area contributed by atoms with Gasteiger partial charge in [0.2, 0.25) is 0 Å². The summed E-state index contributed by atoms with van der Waals surface area (Å²) < 4.78 is 28.3. The van der Waals surface area contributed by atoms with Gasteiger partial charge in [0.25, 0.3) is 0 Å². The van der Waals surface area contributed by atoms with E-state index < -0.39 is 9.84 Å². The number of ketones is 1. The Labute approximate surface area is 108 Å². The first kappa shape index (κ1) is 14.0. The van der Waals surface area contributed by atoms with Crippen molar-refractivity contribution in [1.82, 2.24) is 5.32 Å². The summed E-state index contributed by atoms with van der Waals surface area (Å²) in [6.45, 7) is 1.27. The van der Waals surface area contributed by atoms with Gasteiger partial charge >= 0.3 is 0 Å². The van der Waals surface area contributed by atoms with Gasteiger partial charge in [0.05, 0.1) is 17.6 Å². The summed E-state index contributed by atoms with van der Waals surface area (Å²) in [6, 6.07) is -0.194. The molecule has 104 valence electrons. The molecule has 0 aromatic carbocycles. The van der Waals surface area contributed by atoms with Crippen LogP contribution in [0.4, 0.5) is 0 Å². The summed E-state index contributed by atoms with van der Waals surface area (Å²) in [5, 5.41) is 3.10. The van der Waals surface area contributed by atoms with Crippen LogP contribution in [-0.4, -0.2) is 51.0 Å². The standard InChI is InChI=1S/C12H21NO4S/c14-11(3-4-12-2-1-6-17-12)8-10-9-18(15,16)7-5-13-10/h10,12-13H,1-9H2. The first-order valence-electron chi connectivity index (χ1n) is 6.62. The summed E-state index contributed by atoms with van der Waals surface area (Å²) in [6.07, 6.45) is 3.97. The minimum atomic E-state index is -2.95. The quantitative estimate of drug-likeness (QED) is 0.781. The molecule has 1 N–H and O–H groups in total. The van der Waals surface area contributed by atoms with Gasteiger partial charge in [-0.15, -0.1) is 0 Å². The van der Waals surface area contributed by atoms with Crippen molar-refractivity contribution >= 4 is 15.6 Å². The van der Waals surface area contributed by atoms with E-state index in [0.717, 1.165) is 25.9 Å². The molecule has 0 spiro atoms. The van der Waals surface area contributed by atoms with Gasteiger partial charge in [0, 0.05) is 32.0 Å². The summed E-state index contributed by atoms with van der Waals surface area (Å²) in [5.74, 6) is 0.423. The Bertz CT molecular complexity index is 387. The van der Waals surface area contributed by atoms with Crippen LogP contribution in [0.15, 0.2) is 0 Å². The molecule has 5 nitrogen and oxygen atoms in total. The molecule has 0 amide bonds. The number of hydrogen-bond acceptors (Lipinski definition) is 5. The van der Waals surface area contributed by atoms with E-state index >= 15 is 0 Å². The minimum Gasteiger partial charge on any atom is -0.378 e. The third-order valence-corrected chi connectivity index (χ3v) is 5.28. The molecule has 6 heteroatoms. The van der Waals surface area contributed by atoms with E-state index in [1.165, 1.54) is 0 Å². The van der Waals surface area contributed by atoms with Crippen molar-refractivity contribution in [1.29, 1.82) is 0 Å². The second-order valence-electron chi connectivity index (χ2n) is 5.18. The molecule has 2 unspecified atom stereocenters. The molecule has 0 saturated carbocycles. The first-order chi connectivity index (χ1) is 8.55. The Morgan fingerprint density at radius 3 is 2.89 bits per heavy atom. The Kier molecular flexibility index (Phi) is 4.75. The van der Waals surface area contributed by atoms with Crippen LogP contribution in [0.3, 0.4) is 0 Å². The molecule has 2 heterocycles. The molecule has 2 rings (SSSR count). The Morgan fingerprint density at radius 2 is 2.22 bits per heavy atom. The zero-order chi connectivity index (χ0) is 13.0. The smallest absolute Gasteiger partial charge is 0.153 e. The highest BCUT2D eigenvalue weighted by atomic mass is 32.2. The molecule has 2 atom stereocenters. The van der Waals surface area contributed by atoms with Crippen LogP contribution in [0.5, 0.6) is 0 Å². The van der Waals surface area contributed by atoms with E-state index in [2.05, 4.69) is 5.32 Å². The molecular weight excluding hydrogens is 254 g/mol. The van der Waals surface area contributed by atoms with Crippen molar-refractivity contribution in [2.45, 2.75) is 44.2 Å². The van der Waals surface area contributed by atoms with Gasteiger partial charge in [-0.05, 0) is 19.3 Å². The van der Waals surface area contributed by atoms with Crippen LogP contribution in [-0.2, 0) is 19.4 Å². The monoisotopic (exact) mass is 275 g/mol. The van der Waals surface area contributed by atoms with Crippen LogP contribution in [0, 0.1) is 0 Å². The zero-order valence-electron chi connectivity index (χ0n) is 10.6. The maximum absolute atomic E-state index is 11.8. The maximum atomic E-state index is 11.8.